The number of oxazole rings is 1. The van der Waals surface area contributed by atoms with Crippen LogP contribution in [0.4, 0.5) is 0 Å². The van der Waals surface area contributed by atoms with E-state index in [2.05, 4.69) is 40.9 Å². The van der Waals surface area contributed by atoms with E-state index < -0.39 is 0 Å². The average Bonchev–Trinajstić information content (AvgIpc) is 3.20. The molecule has 1 aromatic heterocycles. The largest absolute Gasteiger partial charge is 0.444 e. The molecule has 0 radical (unpaired) electrons. The molecule has 6 heteroatoms. The molecular weight excluding hydrogens is 290 g/mol. The van der Waals surface area contributed by atoms with Gasteiger partial charge < -0.3 is 9.32 Å². The van der Waals surface area contributed by atoms with E-state index in [0.717, 1.165) is 44.1 Å². The summed E-state index contributed by atoms with van der Waals surface area (Å²) in [5.74, 6) is 1.65. The zero-order valence-electron chi connectivity index (χ0n) is 14.0. The van der Waals surface area contributed by atoms with Gasteiger partial charge in [0.05, 0.1) is 30.8 Å². The van der Waals surface area contributed by atoms with Crippen LogP contribution in [0.5, 0.6) is 0 Å². The molecule has 2 heterocycles. The Morgan fingerprint density at radius 3 is 3.00 bits per heavy atom. The maximum Gasteiger partial charge on any atom is 0.208 e. The lowest BCUT2D eigenvalue weighted by atomic mass is 10.1. The average molecular weight is 315 g/mol. The highest BCUT2D eigenvalue weighted by molar-refractivity contribution is 4.95. The molecule has 0 bridgehead atoms. The van der Waals surface area contributed by atoms with E-state index in [0.29, 0.717) is 25.4 Å². The van der Waals surface area contributed by atoms with Crippen molar-refractivity contribution in [2.24, 2.45) is 5.92 Å². The van der Waals surface area contributed by atoms with Crippen LogP contribution in [0.1, 0.15) is 37.8 Å². The van der Waals surface area contributed by atoms with E-state index in [1.165, 1.54) is 0 Å². The molecule has 1 saturated heterocycles. The van der Waals surface area contributed by atoms with Gasteiger partial charge in [0.2, 0.25) is 5.89 Å². The molecule has 0 aliphatic carbocycles. The third kappa shape index (κ3) is 5.06. The van der Waals surface area contributed by atoms with Gasteiger partial charge in [0.25, 0.3) is 0 Å². The van der Waals surface area contributed by atoms with Crippen LogP contribution in [-0.4, -0.2) is 47.5 Å². The summed E-state index contributed by atoms with van der Waals surface area (Å²) < 4.78 is 5.68. The third-order valence-corrected chi connectivity index (χ3v) is 4.47. The molecule has 0 spiro atoms. The summed E-state index contributed by atoms with van der Waals surface area (Å²) in [7, 11) is 2.10. The summed E-state index contributed by atoms with van der Waals surface area (Å²) in [6, 6.07) is 4.91. The van der Waals surface area contributed by atoms with Crippen molar-refractivity contribution < 1.29 is 4.42 Å². The van der Waals surface area contributed by atoms with E-state index in [9.17, 15) is 5.26 Å². The molecule has 2 rings (SSSR count). The van der Waals surface area contributed by atoms with Gasteiger partial charge in [-0.1, -0.05) is 6.92 Å². The highest BCUT2D eigenvalue weighted by Crippen LogP contribution is 2.19. The smallest absolute Gasteiger partial charge is 0.208 e. The first-order valence-electron chi connectivity index (χ1n) is 8.29. The molecule has 0 aromatic carbocycles. The fourth-order valence-corrected chi connectivity index (χ4v) is 3.01. The van der Waals surface area contributed by atoms with Crippen molar-refractivity contribution in [3.63, 3.8) is 0 Å². The number of aryl methyl sites for hydroxylation is 1. The molecule has 0 unspecified atom stereocenters. The Morgan fingerprint density at radius 1 is 1.52 bits per heavy atom. The molecule has 0 N–H and O–H groups in total. The summed E-state index contributed by atoms with van der Waals surface area (Å²) in [4.78, 5) is 8.93. The van der Waals surface area contributed by atoms with Gasteiger partial charge in [-0.2, -0.15) is 10.5 Å². The second-order valence-corrected chi connectivity index (χ2v) is 6.21. The van der Waals surface area contributed by atoms with Crippen LogP contribution in [0.2, 0.25) is 0 Å². The summed E-state index contributed by atoms with van der Waals surface area (Å²) in [5, 5.41) is 17.8. The first-order valence-corrected chi connectivity index (χ1v) is 8.29. The number of nitriles is 2. The molecule has 1 fully saturated rings. The second-order valence-electron chi connectivity index (χ2n) is 6.21. The van der Waals surface area contributed by atoms with Gasteiger partial charge in [0.1, 0.15) is 5.76 Å². The fourth-order valence-electron chi connectivity index (χ4n) is 3.01. The minimum absolute atomic E-state index is 0.0439. The van der Waals surface area contributed by atoms with Gasteiger partial charge >= 0.3 is 0 Å². The van der Waals surface area contributed by atoms with Crippen molar-refractivity contribution in [2.45, 2.75) is 45.2 Å². The lowest BCUT2D eigenvalue weighted by Gasteiger charge is -2.24. The van der Waals surface area contributed by atoms with Gasteiger partial charge in [-0.3, -0.25) is 4.90 Å². The van der Waals surface area contributed by atoms with Crippen LogP contribution in [0, 0.1) is 28.6 Å². The molecule has 1 aliphatic heterocycles. The van der Waals surface area contributed by atoms with Crippen LogP contribution < -0.4 is 0 Å². The first kappa shape index (κ1) is 17.5. The number of nitrogens with zero attached hydrogens (tertiary/aromatic N) is 5. The van der Waals surface area contributed by atoms with Crippen LogP contribution in [-0.2, 0) is 13.0 Å². The number of hydrogen-bond donors (Lipinski definition) is 0. The van der Waals surface area contributed by atoms with Crippen LogP contribution in [0.25, 0.3) is 0 Å². The molecule has 1 aliphatic rings. The molecule has 124 valence electrons. The predicted octanol–water partition coefficient (Wildman–Crippen LogP) is 2.19. The van der Waals surface area contributed by atoms with Crippen molar-refractivity contribution in [1.82, 2.24) is 14.8 Å². The van der Waals surface area contributed by atoms with Crippen LogP contribution in [0.3, 0.4) is 0 Å². The molecule has 23 heavy (non-hydrogen) atoms. The Hall–Kier alpha value is -1.89. The summed E-state index contributed by atoms with van der Waals surface area (Å²) in [5.41, 5.74) is 0. The molecule has 2 atom stereocenters. The normalized spacial score (nSPS) is 19.6. The molecule has 6 nitrogen and oxygen atoms in total. The predicted molar refractivity (Wildman–Crippen MR) is 86.1 cm³/mol. The van der Waals surface area contributed by atoms with Crippen LogP contribution in [0.15, 0.2) is 10.6 Å². The van der Waals surface area contributed by atoms with Gasteiger partial charge in [-0.25, -0.2) is 4.98 Å². The number of rotatable bonds is 8. The SMILES string of the molecule is CCc1cnc(CN(C)[C@@H]2CCN(C[C@@H](C#N)CCC#N)C2)o1. The van der Waals surface area contributed by atoms with Gasteiger partial charge in [0.15, 0.2) is 0 Å². The van der Waals surface area contributed by atoms with E-state index in [4.69, 9.17) is 9.68 Å². The lowest BCUT2D eigenvalue weighted by Crippen LogP contribution is -2.35. The highest BCUT2D eigenvalue weighted by Gasteiger charge is 2.27. The Morgan fingerprint density at radius 2 is 2.35 bits per heavy atom. The van der Waals surface area contributed by atoms with Gasteiger partial charge in [0, 0.05) is 32.0 Å². The lowest BCUT2D eigenvalue weighted by molar-refractivity contribution is 0.201. The van der Waals surface area contributed by atoms with Crippen molar-refractivity contribution >= 4 is 0 Å². The van der Waals surface area contributed by atoms with Gasteiger partial charge in [-0.05, 0) is 26.4 Å². The number of hydrogen-bond acceptors (Lipinski definition) is 6. The quantitative estimate of drug-likeness (QED) is 0.731. The zero-order chi connectivity index (χ0) is 16.7. The van der Waals surface area contributed by atoms with E-state index in [1.807, 2.05) is 0 Å². The number of likely N-dealkylation sites (N-methyl/N-ethyl adjacent to an activating group) is 1. The summed E-state index contributed by atoms with van der Waals surface area (Å²) in [6.45, 7) is 5.50. The molecular formula is C17H25N5O. The zero-order valence-corrected chi connectivity index (χ0v) is 14.0. The minimum Gasteiger partial charge on any atom is -0.444 e. The fraction of sp³-hybridized carbons (Fsp3) is 0.706. The second kappa shape index (κ2) is 8.67. The van der Waals surface area contributed by atoms with Crippen molar-refractivity contribution in [2.75, 3.05) is 26.7 Å². The van der Waals surface area contributed by atoms with Crippen molar-refractivity contribution in [3.05, 3.63) is 17.8 Å². The van der Waals surface area contributed by atoms with Crippen LogP contribution >= 0.6 is 0 Å². The highest BCUT2D eigenvalue weighted by atomic mass is 16.4. The molecule has 0 saturated carbocycles. The Kier molecular flexibility index (Phi) is 6.58. The standard InChI is InChI=1S/C17H25N5O/c1-3-16-10-20-17(23-16)13-21(2)15-6-8-22(12-15)11-14(9-19)5-4-7-18/h10,14-15H,3-6,8,11-13H2,1-2H3/t14-,15-/m1/s1. The molecule has 0 amide bonds. The van der Waals surface area contributed by atoms with Crippen molar-refractivity contribution in [3.8, 4) is 12.1 Å². The first-order chi connectivity index (χ1) is 11.2. The number of likely N-dealkylation sites (tertiary alicyclic amines) is 1. The van der Waals surface area contributed by atoms with E-state index in [-0.39, 0.29) is 5.92 Å². The monoisotopic (exact) mass is 315 g/mol. The maximum atomic E-state index is 9.19. The summed E-state index contributed by atoms with van der Waals surface area (Å²) in [6.07, 6.45) is 4.89. The maximum absolute atomic E-state index is 9.19. The van der Waals surface area contributed by atoms with Gasteiger partial charge in [-0.15, -0.1) is 0 Å². The topological polar surface area (TPSA) is 80.1 Å². The minimum atomic E-state index is -0.0439. The Bertz CT molecular complexity index is 570. The third-order valence-electron chi connectivity index (χ3n) is 4.47. The van der Waals surface area contributed by atoms with E-state index >= 15 is 0 Å². The summed E-state index contributed by atoms with van der Waals surface area (Å²) >= 11 is 0. The Balaban J connectivity index is 1.79. The van der Waals surface area contributed by atoms with Crippen molar-refractivity contribution in [1.29, 1.82) is 10.5 Å². The molecule has 1 aromatic rings. The Labute approximate surface area is 138 Å². The van der Waals surface area contributed by atoms with E-state index in [1.54, 1.807) is 6.20 Å². The number of aromatic nitrogens is 1.